The molecule has 1 aromatic carbocycles. The van der Waals surface area contributed by atoms with Crippen LogP contribution >= 0.6 is 0 Å². The summed E-state index contributed by atoms with van der Waals surface area (Å²) in [5.74, 6) is 1.65. The number of morpholine rings is 1. The lowest BCUT2D eigenvalue weighted by molar-refractivity contribution is -0.146. The summed E-state index contributed by atoms with van der Waals surface area (Å²) < 4.78 is 5.93. The fraction of sp³-hybridized carbons (Fsp3) is 0.667. The number of nitrogens with zero attached hydrogens (tertiary/aromatic N) is 1. The average Bonchev–Trinajstić information content (AvgIpc) is 2.62. The Morgan fingerprint density at radius 2 is 1.88 bits per heavy atom. The molecule has 1 aromatic rings. The van der Waals surface area contributed by atoms with Gasteiger partial charge in [-0.1, -0.05) is 36.8 Å². The van der Waals surface area contributed by atoms with E-state index in [1.807, 2.05) is 6.07 Å². The van der Waals surface area contributed by atoms with Crippen LogP contribution in [-0.4, -0.2) is 42.6 Å². The molecule has 1 saturated heterocycles. The van der Waals surface area contributed by atoms with Gasteiger partial charge in [0.2, 0.25) is 5.91 Å². The van der Waals surface area contributed by atoms with Gasteiger partial charge in [0.1, 0.15) is 0 Å². The maximum absolute atomic E-state index is 13.1. The highest BCUT2D eigenvalue weighted by atomic mass is 16.5. The lowest BCUT2D eigenvalue weighted by Gasteiger charge is -2.45. The molecule has 2 aliphatic carbocycles. The predicted molar refractivity (Wildman–Crippen MR) is 98.0 cm³/mol. The van der Waals surface area contributed by atoms with Crippen LogP contribution in [0.5, 0.6) is 0 Å². The Morgan fingerprint density at radius 3 is 2.60 bits per heavy atom. The molecular formula is C21H30N2O2. The first-order valence-electron chi connectivity index (χ1n) is 9.90. The zero-order valence-electron chi connectivity index (χ0n) is 15.0. The van der Waals surface area contributed by atoms with Gasteiger partial charge in [-0.3, -0.25) is 4.79 Å². The van der Waals surface area contributed by atoms with Gasteiger partial charge in [-0.2, -0.15) is 0 Å². The Labute approximate surface area is 150 Å². The van der Waals surface area contributed by atoms with Crippen LogP contribution in [0, 0.1) is 17.8 Å². The minimum atomic E-state index is 0.116. The summed E-state index contributed by atoms with van der Waals surface area (Å²) >= 11 is 0. The van der Waals surface area contributed by atoms with Crippen LogP contribution < -0.4 is 5.73 Å². The van der Waals surface area contributed by atoms with E-state index in [4.69, 9.17) is 10.5 Å². The van der Waals surface area contributed by atoms with Crippen molar-refractivity contribution in [3.8, 4) is 0 Å². The third-order valence-corrected chi connectivity index (χ3v) is 6.52. The Balaban J connectivity index is 1.37. The van der Waals surface area contributed by atoms with Gasteiger partial charge in [0.25, 0.3) is 0 Å². The first kappa shape index (κ1) is 17.0. The van der Waals surface area contributed by atoms with Crippen molar-refractivity contribution in [1.29, 1.82) is 0 Å². The third kappa shape index (κ3) is 3.75. The van der Waals surface area contributed by atoms with Crippen molar-refractivity contribution < 1.29 is 9.53 Å². The molecule has 136 valence electrons. The highest BCUT2D eigenvalue weighted by molar-refractivity contribution is 5.79. The van der Waals surface area contributed by atoms with Gasteiger partial charge >= 0.3 is 0 Å². The molecule has 0 radical (unpaired) electrons. The normalized spacial score (nSPS) is 35.4. The molecule has 1 heterocycles. The van der Waals surface area contributed by atoms with E-state index in [2.05, 4.69) is 29.2 Å². The Bertz CT molecular complexity index is 577. The quantitative estimate of drug-likeness (QED) is 0.919. The van der Waals surface area contributed by atoms with Gasteiger partial charge < -0.3 is 15.4 Å². The Hall–Kier alpha value is -1.39. The second-order valence-electron chi connectivity index (χ2n) is 8.16. The molecule has 3 aliphatic rings. The number of nitrogens with two attached hydrogens (primary N) is 1. The van der Waals surface area contributed by atoms with Gasteiger partial charge in [0, 0.05) is 31.5 Å². The lowest BCUT2D eigenvalue weighted by Crippen LogP contribution is -2.52. The molecule has 2 bridgehead atoms. The summed E-state index contributed by atoms with van der Waals surface area (Å²) in [4.78, 5) is 15.2. The molecule has 0 spiro atoms. The summed E-state index contributed by atoms with van der Waals surface area (Å²) in [6.45, 7) is 2.12. The molecule has 25 heavy (non-hydrogen) atoms. The smallest absolute Gasteiger partial charge is 0.225 e. The third-order valence-electron chi connectivity index (χ3n) is 6.52. The largest absolute Gasteiger partial charge is 0.374 e. The maximum Gasteiger partial charge on any atom is 0.225 e. The summed E-state index contributed by atoms with van der Waals surface area (Å²) in [5, 5.41) is 0. The predicted octanol–water partition coefficient (Wildman–Crippen LogP) is 2.61. The van der Waals surface area contributed by atoms with Crippen LogP contribution in [0.4, 0.5) is 0 Å². The van der Waals surface area contributed by atoms with Crippen LogP contribution in [0.3, 0.4) is 0 Å². The number of hydrogen-bond donors (Lipinski definition) is 1. The topological polar surface area (TPSA) is 55.6 Å². The summed E-state index contributed by atoms with van der Waals surface area (Å²) in [6.07, 6.45) is 6.70. The first-order chi connectivity index (χ1) is 12.2. The molecule has 3 unspecified atom stereocenters. The number of rotatable bonds is 3. The van der Waals surface area contributed by atoms with Gasteiger partial charge in [-0.05, 0) is 43.1 Å². The molecular weight excluding hydrogens is 312 g/mol. The monoisotopic (exact) mass is 342 g/mol. The molecule has 0 aromatic heterocycles. The zero-order valence-corrected chi connectivity index (χ0v) is 15.0. The Morgan fingerprint density at radius 1 is 1.16 bits per heavy atom. The van der Waals surface area contributed by atoms with E-state index >= 15 is 0 Å². The summed E-state index contributed by atoms with van der Waals surface area (Å²) in [6, 6.07) is 10.7. The number of amides is 1. The van der Waals surface area contributed by atoms with E-state index in [1.165, 1.54) is 24.8 Å². The number of fused-ring (bicyclic) bond motifs is 2. The molecule has 4 rings (SSSR count). The highest BCUT2D eigenvalue weighted by Gasteiger charge is 2.42. The maximum atomic E-state index is 13.1. The van der Waals surface area contributed by atoms with Crippen molar-refractivity contribution >= 4 is 5.91 Å². The van der Waals surface area contributed by atoms with Gasteiger partial charge in [-0.15, -0.1) is 0 Å². The van der Waals surface area contributed by atoms with E-state index in [9.17, 15) is 4.79 Å². The lowest BCUT2D eigenvalue weighted by atomic mass is 9.65. The van der Waals surface area contributed by atoms with Gasteiger partial charge in [0.15, 0.2) is 0 Å². The van der Waals surface area contributed by atoms with Crippen molar-refractivity contribution in [1.82, 2.24) is 4.90 Å². The van der Waals surface area contributed by atoms with Crippen molar-refractivity contribution in [3.63, 3.8) is 0 Å². The van der Waals surface area contributed by atoms with Crippen molar-refractivity contribution in [3.05, 3.63) is 35.9 Å². The number of carbonyl (C=O) groups excluding carboxylic acids is 1. The van der Waals surface area contributed by atoms with Crippen LogP contribution in [0.25, 0.3) is 0 Å². The fourth-order valence-electron chi connectivity index (χ4n) is 5.17. The SMILES string of the molecule is NC1C2CCCC1CC(C(=O)N1CCOC(Cc3ccccc3)C1)C2. The molecule has 4 nitrogen and oxygen atoms in total. The Kier molecular flexibility index (Phi) is 5.09. The average molecular weight is 342 g/mol. The number of hydrogen-bond acceptors (Lipinski definition) is 3. The van der Waals surface area contributed by atoms with Crippen LogP contribution in [0.1, 0.15) is 37.7 Å². The molecule has 3 atom stereocenters. The van der Waals surface area contributed by atoms with Crippen LogP contribution in [0.15, 0.2) is 30.3 Å². The molecule has 1 aliphatic heterocycles. The van der Waals surface area contributed by atoms with E-state index in [-0.39, 0.29) is 12.0 Å². The van der Waals surface area contributed by atoms with Gasteiger partial charge in [0.05, 0.1) is 12.7 Å². The zero-order chi connectivity index (χ0) is 17.2. The van der Waals surface area contributed by atoms with Gasteiger partial charge in [-0.25, -0.2) is 0 Å². The number of carbonyl (C=O) groups is 1. The molecule has 2 N–H and O–H groups in total. The fourth-order valence-corrected chi connectivity index (χ4v) is 5.17. The first-order valence-corrected chi connectivity index (χ1v) is 9.90. The van der Waals surface area contributed by atoms with Crippen molar-refractivity contribution in [2.75, 3.05) is 19.7 Å². The van der Waals surface area contributed by atoms with E-state index in [0.29, 0.717) is 30.4 Å². The van der Waals surface area contributed by atoms with Crippen molar-refractivity contribution in [2.45, 2.75) is 50.7 Å². The van der Waals surface area contributed by atoms with E-state index < -0.39 is 0 Å². The minimum Gasteiger partial charge on any atom is -0.374 e. The summed E-state index contributed by atoms with van der Waals surface area (Å²) in [7, 11) is 0. The second-order valence-corrected chi connectivity index (χ2v) is 8.16. The van der Waals surface area contributed by atoms with E-state index in [1.54, 1.807) is 0 Å². The second kappa shape index (κ2) is 7.46. The van der Waals surface area contributed by atoms with Crippen molar-refractivity contribution in [2.24, 2.45) is 23.5 Å². The standard InChI is InChI=1S/C21H30N2O2/c22-20-16-7-4-8-17(20)13-18(12-16)21(24)23-9-10-25-19(14-23)11-15-5-2-1-3-6-15/h1-3,5-6,16-20H,4,7-14,22H2. The molecule has 3 fully saturated rings. The number of benzene rings is 1. The molecule has 1 amide bonds. The van der Waals surface area contributed by atoms with E-state index in [0.717, 1.165) is 32.4 Å². The molecule has 2 saturated carbocycles. The molecule has 4 heteroatoms. The highest BCUT2D eigenvalue weighted by Crippen LogP contribution is 2.42. The van der Waals surface area contributed by atoms with Crippen LogP contribution in [-0.2, 0) is 16.0 Å². The van der Waals surface area contributed by atoms with Crippen LogP contribution in [0.2, 0.25) is 0 Å². The number of ether oxygens (including phenoxy) is 1. The minimum absolute atomic E-state index is 0.116. The summed E-state index contributed by atoms with van der Waals surface area (Å²) in [5.41, 5.74) is 7.67.